The monoisotopic (exact) mass is 576 g/mol. The van der Waals surface area contributed by atoms with Crippen molar-refractivity contribution in [2.24, 2.45) is 0 Å². The molecule has 6 atom stereocenters. The Balaban J connectivity index is 1.53. The molecule has 216 valence electrons. The van der Waals surface area contributed by atoms with Crippen molar-refractivity contribution in [3.8, 4) is 5.88 Å². The number of rotatable bonds is 9. The minimum atomic E-state index is -4.43. The number of alkyl halides is 1. The van der Waals surface area contributed by atoms with Gasteiger partial charge in [-0.1, -0.05) is 0 Å². The lowest BCUT2D eigenvalue weighted by molar-refractivity contribution is -0.151. The van der Waals surface area contributed by atoms with Crippen molar-refractivity contribution in [3.63, 3.8) is 0 Å². The first kappa shape index (κ1) is 28.9. The fraction of sp³-hybridized carbons (Fsp3) is 0.667. The molecule has 3 N–H and O–H groups in total. The maximum atomic E-state index is 16.3. The van der Waals surface area contributed by atoms with Crippen molar-refractivity contribution in [2.45, 2.75) is 63.9 Å². The van der Waals surface area contributed by atoms with E-state index in [-0.39, 0.29) is 36.2 Å². The van der Waals surface area contributed by atoms with Crippen molar-refractivity contribution in [3.05, 3.63) is 6.33 Å². The zero-order valence-electron chi connectivity index (χ0n) is 21.9. The predicted molar refractivity (Wildman–Crippen MR) is 129 cm³/mol. The van der Waals surface area contributed by atoms with E-state index in [1.807, 2.05) is 0 Å². The topological polar surface area (TPSA) is 197 Å². The van der Waals surface area contributed by atoms with Gasteiger partial charge in [0.05, 0.1) is 39.4 Å². The van der Waals surface area contributed by atoms with Gasteiger partial charge in [-0.3, -0.25) is 18.1 Å². The van der Waals surface area contributed by atoms with Gasteiger partial charge in [0.15, 0.2) is 29.1 Å². The number of hydrogen-bond acceptors (Lipinski definition) is 14. The van der Waals surface area contributed by atoms with E-state index in [9.17, 15) is 14.2 Å². The van der Waals surface area contributed by atoms with E-state index in [1.165, 1.54) is 17.8 Å². The maximum Gasteiger partial charge on any atom is 0.475 e. The molecule has 0 bridgehead atoms. The van der Waals surface area contributed by atoms with Crippen molar-refractivity contribution in [1.29, 1.82) is 0 Å². The summed E-state index contributed by atoms with van der Waals surface area (Å²) < 4.78 is 67.8. The summed E-state index contributed by atoms with van der Waals surface area (Å²) in [7, 11) is -3.34. The third-order valence-electron chi connectivity index (χ3n) is 5.77. The van der Waals surface area contributed by atoms with Crippen LogP contribution in [0.3, 0.4) is 0 Å². The Morgan fingerprint density at radius 1 is 1.38 bits per heavy atom. The number of amides is 1. The molecule has 0 unspecified atom stereocenters. The molecule has 2 aromatic rings. The molecule has 39 heavy (non-hydrogen) atoms. The first-order valence-corrected chi connectivity index (χ1v) is 13.4. The smallest absolute Gasteiger partial charge is 0.475 e. The summed E-state index contributed by atoms with van der Waals surface area (Å²) in [6, 6.07) is -1.41. The van der Waals surface area contributed by atoms with Crippen LogP contribution in [0.2, 0.25) is 0 Å². The normalized spacial score (nSPS) is 29.2. The third kappa shape index (κ3) is 5.91. The van der Waals surface area contributed by atoms with Gasteiger partial charge < -0.3 is 30.0 Å². The number of nitrogens with two attached hydrogens (primary N) is 1. The molecular weight excluding hydrogens is 546 g/mol. The number of nitrogens with zero attached hydrogens (tertiary/aromatic N) is 4. The number of nitrogens with one attached hydrogen (secondary N) is 1. The number of ether oxygens (including phenoxy) is 4. The quantitative estimate of drug-likeness (QED) is 0.323. The van der Waals surface area contributed by atoms with E-state index in [2.05, 4.69) is 25.0 Å². The van der Waals surface area contributed by atoms with E-state index < -0.39 is 62.7 Å². The summed E-state index contributed by atoms with van der Waals surface area (Å²) in [5, 5.41) is 2.22. The number of methoxy groups -OCH3 is 1. The number of nitrogen functional groups attached to an aromatic ring is 1. The number of anilines is 1. The van der Waals surface area contributed by atoms with E-state index in [4.69, 9.17) is 33.5 Å². The van der Waals surface area contributed by atoms with Crippen LogP contribution in [0.4, 0.5) is 15.1 Å². The first-order valence-electron chi connectivity index (χ1n) is 12.0. The summed E-state index contributed by atoms with van der Waals surface area (Å²) >= 11 is 0. The zero-order valence-corrected chi connectivity index (χ0v) is 22.8. The van der Waals surface area contributed by atoms with E-state index in [0.717, 1.165) is 7.11 Å². The molecule has 0 aliphatic carbocycles. The molecule has 0 radical (unpaired) electrons. The van der Waals surface area contributed by atoms with Gasteiger partial charge >= 0.3 is 19.9 Å². The van der Waals surface area contributed by atoms with Gasteiger partial charge in [-0.25, -0.2) is 23.5 Å². The summed E-state index contributed by atoms with van der Waals surface area (Å²) in [6.07, 6.45) is -3.93. The number of hydrogen-bond donors (Lipinski definition) is 2. The van der Waals surface area contributed by atoms with Crippen LogP contribution in [-0.2, 0) is 37.1 Å². The van der Waals surface area contributed by atoms with Crippen LogP contribution in [0.25, 0.3) is 11.2 Å². The lowest BCUT2D eigenvalue weighted by Crippen LogP contribution is -2.47. The first-order chi connectivity index (χ1) is 18.4. The lowest BCUT2D eigenvalue weighted by Gasteiger charge is -2.34. The Labute approximate surface area is 222 Å². The van der Waals surface area contributed by atoms with Crippen molar-refractivity contribution in [2.75, 3.05) is 32.7 Å². The van der Waals surface area contributed by atoms with Gasteiger partial charge in [0.1, 0.15) is 12.2 Å². The number of carbonyl (C=O) groups is 2. The fourth-order valence-electron chi connectivity index (χ4n) is 4.08. The number of carbonyl (C=O) groups excluding carboxylic acids is 2. The number of phosphoric acid groups is 1. The van der Waals surface area contributed by atoms with Gasteiger partial charge in [-0.15, -0.1) is 0 Å². The third-order valence-corrected chi connectivity index (χ3v) is 7.19. The molecule has 0 aromatic carbocycles. The molecule has 16 nitrogen and oxygen atoms in total. The molecule has 0 saturated carbocycles. The number of aromatic nitrogens is 4. The Morgan fingerprint density at radius 2 is 2.13 bits per heavy atom. The summed E-state index contributed by atoms with van der Waals surface area (Å²) in [6.45, 7) is 5.40. The Bertz CT molecular complexity index is 1280. The second kappa shape index (κ2) is 11.2. The van der Waals surface area contributed by atoms with E-state index in [0.29, 0.717) is 0 Å². The minimum Gasteiger partial charge on any atom is -0.476 e. The number of halogens is 1. The predicted octanol–water partition coefficient (Wildman–Crippen LogP) is 1.65. The second-order valence-corrected chi connectivity index (χ2v) is 10.7. The van der Waals surface area contributed by atoms with Crippen LogP contribution in [-0.4, -0.2) is 88.5 Å². The minimum absolute atomic E-state index is 0.118. The average molecular weight is 576 g/mol. The number of fused-ring (bicyclic) bond motifs is 2. The second-order valence-electron chi connectivity index (χ2n) is 9.06. The maximum absolute atomic E-state index is 16.3. The highest BCUT2D eigenvalue weighted by Gasteiger charge is 2.62. The van der Waals surface area contributed by atoms with Crippen molar-refractivity contribution in [1.82, 2.24) is 24.8 Å². The Hall–Kier alpha value is -3.11. The van der Waals surface area contributed by atoms with Crippen LogP contribution in [0.5, 0.6) is 5.88 Å². The Morgan fingerprint density at radius 3 is 2.79 bits per heavy atom. The van der Waals surface area contributed by atoms with Gasteiger partial charge in [0, 0.05) is 0 Å². The molecule has 0 spiro atoms. The lowest BCUT2D eigenvalue weighted by atomic mass is 9.98. The molecule has 2 saturated heterocycles. The summed E-state index contributed by atoms with van der Waals surface area (Å²) in [4.78, 5) is 36.4. The highest BCUT2D eigenvalue weighted by molar-refractivity contribution is 7.48. The van der Waals surface area contributed by atoms with Crippen LogP contribution in [0.15, 0.2) is 6.33 Å². The van der Waals surface area contributed by atoms with Crippen molar-refractivity contribution < 1.29 is 51.1 Å². The summed E-state index contributed by atoms with van der Waals surface area (Å²) in [5.74, 6) is -0.873. The molecule has 4 rings (SSSR count). The highest BCUT2D eigenvalue weighted by Crippen LogP contribution is 2.59. The SMILES string of the molecule is CCOc1nc(N)nc2c1ncn2[C@@H]1O[C@@H]2CO[P@@](=O)(OC[C@H](NC(=O)OC)C(=O)OC(C)C)O[C@H]2[C@@]1(C)F. The van der Waals surface area contributed by atoms with Crippen molar-refractivity contribution >= 4 is 37.0 Å². The molecule has 1 amide bonds. The largest absolute Gasteiger partial charge is 0.476 e. The van der Waals surface area contributed by atoms with Gasteiger partial charge in [0.25, 0.3) is 0 Å². The molecule has 18 heteroatoms. The van der Waals surface area contributed by atoms with Crippen LogP contribution in [0.1, 0.15) is 33.9 Å². The standard InChI is InChI=1S/C21H30FN6O10P/c1-6-33-16-13-15(26-19(23)27-16)28(9-24-13)18-21(4,22)14-12(37-18)8-35-39(31,38-14)34-7-11(25-20(30)32-5)17(29)36-10(2)3/h9-12,14,18H,6-8H2,1-5H3,(H,25,30)(H2,23,26,27)/t11-,12+,14+,18+,21+,39+/m0/s1. The van der Waals surface area contributed by atoms with Gasteiger partial charge in [-0.2, -0.15) is 9.97 Å². The number of imidazole rings is 1. The zero-order chi connectivity index (χ0) is 28.5. The van der Waals surface area contributed by atoms with Crippen LogP contribution in [0, 0.1) is 0 Å². The Kier molecular flexibility index (Phi) is 8.28. The molecule has 2 aromatic heterocycles. The summed E-state index contributed by atoms with van der Waals surface area (Å²) in [5.41, 5.74) is 3.90. The number of esters is 1. The highest BCUT2D eigenvalue weighted by atomic mass is 31.2. The van der Waals surface area contributed by atoms with E-state index in [1.54, 1.807) is 20.8 Å². The number of alkyl carbamates (subject to hydrolysis) is 1. The van der Waals surface area contributed by atoms with Crippen LogP contribution >= 0.6 is 7.82 Å². The van der Waals surface area contributed by atoms with E-state index >= 15 is 4.39 Å². The average Bonchev–Trinajstić information content (AvgIpc) is 3.39. The molecule has 2 aliphatic rings. The molecular formula is C21H30FN6O10P. The molecule has 4 heterocycles. The molecule has 2 aliphatic heterocycles. The van der Waals surface area contributed by atoms with Gasteiger partial charge in [-0.05, 0) is 27.7 Å². The van der Waals surface area contributed by atoms with Gasteiger partial charge in [0.2, 0.25) is 11.8 Å². The molecule has 2 fully saturated rings. The fourth-order valence-corrected chi connectivity index (χ4v) is 5.55. The van der Waals surface area contributed by atoms with Crippen LogP contribution < -0.4 is 15.8 Å². The number of phosphoric ester groups is 1.